The summed E-state index contributed by atoms with van der Waals surface area (Å²) >= 11 is 0. The van der Waals surface area contributed by atoms with E-state index in [1.165, 1.54) is 0 Å². The summed E-state index contributed by atoms with van der Waals surface area (Å²) < 4.78 is 11.0. The van der Waals surface area contributed by atoms with Gasteiger partial charge in [0.2, 0.25) is 6.79 Å². The predicted molar refractivity (Wildman–Crippen MR) is 97.3 cm³/mol. The summed E-state index contributed by atoms with van der Waals surface area (Å²) in [5, 5.41) is 12.6. The van der Waals surface area contributed by atoms with Crippen LogP contribution >= 0.6 is 0 Å². The zero-order valence-electron chi connectivity index (χ0n) is 14.5. The first-order valence-corrected chi connectivity index (χ1v) is 8.92. The van der Waals surface area contributed by atoms with E-state index >= 15 is 0 Å². The highest BCUT2D eigenvalue weighted by atomic mass is 16.7. The Morgan fingerprint density at radius 3 is 2.56 bits per heavy atom. The van der Waals surface area contributed by atoms with E-state index in [1.807, 2.05) is 12.1 Å². The molecule has 0 saturated carbocycles. The normalized spacial score (nSPS) is 20.0. The van der Waals surface area contributed by atoms with E-state index in [0.717, 1.165) is 40.9 Å². The standard InChI is InChI=1S/C21H17NO5/c23-16-3-1-2-14-20(16)19(11-4-6-12(7-5-11)21(24)25)13-8-17-18(27-10-26-17)9-15(13)22-14/h4-9,19,22H,1-3,10H2,(H,24,25)/t19-/m0/s1. The Bertz CT molecular complexity index is 1010. The van der Waals surface area contributed by atoms with Crippen LogP contribution < -0.4 is 14.8 Å². The first-order chi connectivity index (χ1) is 13.1. The van der Waals surface area contributed by atoms with Gasteiger partial charge in [-0.25, -0.2) is 4.79 Å². The van der Waals surface area contributed by atoms with Crippen LogP contribution in [0.25, 0.3) is 0 Å². The lowest BCUT2D eigenvalue weighted by Crippen LogP contribution is -2.26. The molecule has 1 atom stereocenters. The third-order valence-corrected chi connectivity index (χ3v) is 5.38. The van der Waals surface area contributed by atoms with E-state index in [2.05, 4.69) is 5.32 Å². The van der Waals surface area contributed by atoms with Crippen LogP contribution in [-0.2, 0) is 4.79 Å². The van der Waals surface area contributed by atoms with Crippen LogP contribution in [0.4, 0.5) is 5.69 Å². The number of Topliss-reactive ketones (excluding diaryl/α,β-unsaturated/α-hetero) is 1. The number of carboxylic acid groups (broad SMARTS) is 1. The number of carboxylic acids is 1. The molecule has 0 unspecified atom stereocenters. The molecule has 0 bridgehead atoms. The highest BCUT2D eigenvalue weighted by Crippen LogP contribution is 2.49. The van der Waals surface area contributed by atoms with Crippen LogP contribution in [0.3, 0.4) is 0 Å². The summed E-state index contributed by atoms with van der Waals surface area (Å²) in [6, 6.07) is 10.6. The molecule has 0 amide bonds. The number of hydrogen-bond donors (Lipinski definition) is 2. The van der Waals surface area contributed by atoms with Gasteiger partial charge < -0.3 is 19.9 Å². The number of carbonyl (C=O) groups excluding carboxylic acids is 1. The second-order valence-corrected chi connectivity index (χ2v) is 6.95. The van der Waals surface area contributed by atoms with Crippen molar-refractivity contribution in [2.45, 2.75) is 25.2 Å². The Morgan fingerprint density at radius 2 is 1.81 bits per heavy atom. The third kappa shape index (κ3) is 2.48. The SMILES string of the molecule is O=C1CCCC2=C1[C@@H](c1ccc(C(=O)O)cc1)c1cc3c(cc1N2)OCO3. The van der Waals surface area contributed by atoms with Crippen molar-refractivity contribution in [2.75, 3.05) is 12.1 Å². The lowest BCUT2D eigenvalue weighted by Gasteiger charge is -2.34. The van der Waals surface area contributed by atoms with Crippen LogP contribution in [-0.4, -0.2) is 23.7 Å². The monoisotopic (exact) mass is 363 g/mol. The van der Waals surface area contributed by atoms with E-state index < -0.39 is 5.97 Å². The molecule has 2 heterocycles. The second-order valence-electron chi connectivity index (χ2n) is 6.95. The van der Waals surface area contributed by atoms with Crippen molar-refractivity contribution in [3.63, 3.8) is 0 Å². The van der Waals surface area contributed by atoms with Gasteiger partial charge in [-0.2, -0.15) is 0 Å². The Kier molecular flexibility index (Phi) is 3.47. The van der Waals surface area contributed by atoms with Crippen molar-refractivity contribution < 1.29 is 24.2 Å². The molecule has 6 heteroatoms. The Balaban J connectivity index is 1.69. The van der Waals surface area contributed by atoms with Gasteiger partial charge in [0.1, 0.15) is 0 Å². The molecule has 6 nitrogen and oxygen atoms in total. The summed E-state index contributed by atoms with van der Waals surface area (Å²) in [7, 11) is 0. The number of ether oxygens (including phenoxy) is 2. The van der Waals surface area contributed by atoms with Gasteiger partial charge in [-0.05, 0) is 42.2 Å². The number of fused-ring (bicyclic) bond motifs is 2. The molecule has 0 fully saturated rings. The number of nitrogens with one attached hydrogen (secondary N) is 1. The molecule has 2 aromatic rings. The topological polar surface area (TPSA) is 84.9 Å². The molecule has 1 aliphatic carbocycles. The molecule has 27 heavy (non-hydrogen) atoms. The zero-order valence-corrected chi connectivity index (χ0v) is 14.5. The maximum absolute atomic E-state index is 12.8. The number of aromatic carboxylic acids is 1. The van der Waals surface area contributed by atoms with Gasteiger partial charge >= 0.3 is 5.97 Å². The van der Waals surface area contributed by atoms with Gasteiger partial charge in [-0.15, -0.1) is 0 Å². The summed E-state index contributed by atoms with van der Waals surface area (Å²) in [4.78, 5) is 24.0. The third-order valence-electron chi connectivity index (χ3n) is 5.38. The molecule has 2 aromatic carbocycles. The van der Waals surface area contributed by atoms with Gasteiger partial charge in [-0.1, -0.05) is 12.1 Å². The van der Waals surface area contributed by atoms with Crippen molar-refractivity contribution in [3.8, 4) is 11.5 Å². The smallest absolute Gasteiger partial charge is 0.335 e. The van der Waals surface area contributed by atoms with Crippen LogP contribution in [0.5, 0.6) is 11.5 Å². The Morgan fingerprint density at radius 1 is 1.07 bits per heavy atom. The quantitative estimate of drug-likeness (QED) is 0.847. The number of hydrogen-bond acceptors (Lipinski definition) is 5. The van der Waals surface area contributed by atoms with E-state index in [0.29, 0.717) is 17.9 Å². The second kappa shape index (κ2) is 5.87. The van der Waals surface area contributed by atoms with Crippen molar-refractivity contribution in [1.82, 2.24) is 0 Å². The van der Waals surface area contributed by atoms with Crippen LogP contribution in [0.1, 0.15) is 46.7 Å². The van der Waals surface area contributed by atoms with Gasteiger partial charge in [0.25, 0.3) is 0 Å². The van der Waals surface area contributed by atoms with Gasteiger partial charge in [-0.3, -0.25) is 4.79 Å². The first kappa shape index (κ1) is 15.9. The van der Waals surface area contributed by atoms with Gasteiger partial charge in [0, 0.05) is 35.4 Å². The fourth-order valence-corrected chi connectivity index (χ4v) is 4.12. The fraction of sp³-hybridized carbons (Fsp3) is 0.238. The zero-order chi connectivity index (χ0) is 18.5. The van der Waals surface area contributed by atoms with E-state index in [4.69, 9.17) is 9.47 Å². The molecule has 5 rings (SSSR count). The first-order valence-electron chi connectivity index (χ1n) is 8.92. The maximum Gasteiger partial charge on any atom is 0.335 e. The minimum absolute atomic E-state index is 0.138. The van der Waals surface area contributed by atoms with Crippen LogP contribution in [0, 0.1) is 0 Å². The van der Waals surface area contributed by atoms with Crippen molar-refractivity contribution in [2.24, 2.45) is 0 Å². The van der Waals surface area contributed by atoms with Gasteiger partial charge in [0.15, 0.2) is 17.3 Å². The molecular weight excluding hydrogens is 346 g/mol. The van der Waals surface area contributed by atoms with E-state index in [-0.39, 0.29) is 24.1 Å². The molecule has 3 aliphatic rings. The largest absolute Gasteiger partial charge is 0.478 e. The minimum atomic E-state index is -0.968. The maximum atomic E-state index is 12.8. The number of anilines is 1. The van der Waals surface area contributed by atoms with Crippen molar-refractivity contribution in [1.29, 1.82) is 0 Å². The van der Waals surface area contributed by atoms with Crippen LogP contribution in [0.2, 0.25) is 0 Å². The highest BCUT2D eigenvalue weighted by molar-refractivity contribution is 6.01. The molecule has 2 N–H and O–H groups in total. The predicted octanol–water partition coefficient (Wildman–Crippen LogP) is 3.68. The Hall–Kier alpha value is -3.28. The molecule has 0 radical (unpaired) electrons. The summed E-state index contributed by atoms with van der Waals surface area (Å²) in [5.41, 5.74) is 4.68. The molecule has 2 aliphatic heterocycles. The summed E-state index contributed by atoms with van der Waals surface area (Å²) in [6.07, 6.45) is 2.18. The average Bonchev–Trinajstić information content (AvgIpc) is 3.12. The number of carbonyl (C=O) groups is 2. The molecule has 136 valence electrons. The lowest BCUT2D eigenvalue weighted by atomic mass is 9.75. The number of benzene rings is 2. The van der Waals surface area contributed by atoms with Gasteiger partial charge in [0.05, 0.1) is 5.56 Å². The van der Waals surface area contributed by atoms with E-state index in [1.54, 1.807) is 24.3 Å². The molecular formula is C21H17NO5. The average molecular weight is 363 g/mol. The summed E-state index contributed by atoms with van der Waals surface area (Å²) in [5.74, 6) is 0.271. The van der Waals surface area contributed by atoms with E-state index in [9.17, 15) is 14.7 Å². The number of allylic oxidation sites excluding steroid dienone is 2. The molecule has 0 saturated heterocycles. The Labute approximate surface area is 155 Å². The molecule has 0 aromatic heterocycles. The number of rotatable bonds is 2. The summed E-state index contributed by atoms with van der Waals surface area (Å²) in [6.45, 7) is 0.183. The minimum Gasteiger partial charge on any atom is -0.478 e. The lowest BCUT2D eigenvalue weighted by molar-refractivity contribution is -0.116. The fourth-order valence-electron chi connectivity index (χ4n) is 4.12. The number of ketones is 1. The highest BCUT2D eigenvalue weighted by Gasteiger charge is 2.36. The van der Waals surface area contributed by atoms with Crippen LogP contribution in [0.15, 0.2) is 47.7 Å². The van der Waals surface area contributed by atoms with Crippen molar-refractivity contribution in [3.05, 3.63) is 64.4 Å². The van der Waals surface area contributed by atoms with Crippen molar-refractivity contribution >= 4 is 17.4 Å². The molecule has 0 spiro atoms.